The number of pyridine rings is 1. The molecule has 4 rings (SSSR count). The highest BCUT2D eigenvalue weighted by molar-refractivity contribution is 7.13. The van der Waals surface area contributed by atoms with Gasteiger partial charge in [-0.1, -0.05) is 6.07 Å². The van der Waals surface area contributed by atoms with E-state index in [1.54, 1.807) is 11.3 Å². The molecule has 0 saturated carbocycles. The van der Waals surface area contributed by atoms with E-state index in [1.807, 2.05) is 18.5 Å². The van der Waals surface area contributed by atoms with Crippen molar-refractivity contribution in [2.24, 2.45) is 0 Å². The van der Waals surface area contributed by atoms with Crippen molar-refractivity contribution in [3.63, 3.8) is 0 Å². The number of piperidine rings is 2. The fourth-order valence-electron chi connectivity index (χ4n) is 3.76. The fraction of sp³-hybridized carbons (Fsp3) is 0.556. The van der Waals surface area contributed by atoms with Gasteiger partial charge in [-0.3, -0.25) is 0 Å². The van der Waals surface area contributed by atoms with Crippen LogP contribution in [-0.4, -0.2) is 48.2 Å². The van der Waals surface area contributed by atoms with Gasteiger partial charge >= 0.3 is 0 Å². The Labute approximate surface area is 147 Å². The van der Waals surface area contributed by atoms with Crippen molar-refractivity contribution in [3.05, 3.63) is 36.0 Å². The van der Waals surface area contributed by atoms with Crippen molar-refractivity contribution in [2.45, 2.75) is 37.8 Å². The molecule has 6 heteroatoms. The van der Waals surface area contributed by atoms with Crippen LogP contribution in [0.25, 0.3) is 0 Å². The maximum atomic E-state index is 4.47. The number of hydrogen-bond donors (Lipinski definition) is 1. The molecule has 128 valence electrons. The lowest BCUT2D eigenvalue weighted by atomic mass is 9.99. The molecule has 0 radical (unpaired) electrons. The largest absolute Gasteiger partial charge is 0.357 e. The average molecular weight is 344 g/mol. The van der Waals surface area contributed by atoms with Crippen LogP contribution in [0.4, 0.5) is 10.9 Å². The lowest BCUT2D eigenvalue weighted by Crippen LogP contribution is -2.50. The normalized spacial score (nSPS) is 20.5. The standard InChI is InChI=1S/C18H25N5S/c1-2-8-19-17(3-1)22-10-4-15(5-11-22)21-16-6-12-23(13-7-16)18-20-9-14-24-18/h1-3,8-9,14-16,21H,4-7,10-13H2. The lowest BCUT2D eigenvalue weighted by molar-refractivity contribution is 0.328. The van der Waals surface area contributed by atoms with E-state index in [1.165, 1.54) is 30.8 Å². The summed E-state index contributed by atoms with van der Waals surface area (Å²) in [5.41, 5.74) is 0. The molecule has 24 heavy (non-hydrogen) atoms. The summed E-state index contributed by atoms with van der Waals surface area (Å²) in [6.45, 7) is 4.45. The Bertz CT molecular complexity index is 602. The number of hydrogen-bond acceptors (Lipinski definition) is 6. The van der Waals surface area contributed by atoms with Gasteiger partial charge in [0.05, 0.1) is 0 Å². The summed E-state index contributed by atoms with van der Waals surface area (Å²) in [5, 5.41) is 7.15. The molecule has 1 N–H and O–H groups in total. The molecule has 4 heterocycles. The van der Waals surface area contributed by atoms with Gasteiger partial charge in [0.15, 0.2) is 5.13 Å². The second kappa shape index (κ2) is 7.49. The zero-order chi connectivity index (χ0) is 16.2. The Balaban J connectivity index is 1.22. The molecule has 2 aromatic rings. The summed E-state index contributed by atoms with van der Waals surface area (Å²) in [5.74, 6) is 1.12. The first-order valence-corrected chi connectivity index (χ1v) is 9.83. The molecule has 0 bridgehead atoms. The summed E-state index contributed by atoms with van der Waals surface area (Å²) in [6, 6.07) is 7.48. The van der Waals surface area contributed by atoms with Gasteiger partial charge in [-0.05, 0) is 37.8 Å². The van der Waals surface area contributed by atoms with Crippen molar-refractivity contribution in [1.82, 2.24) is 15.3 Å². The minimum Gasteiger partial charge on any atom is -0.357 e. The van der Waals surface area contributed by atoms with Crippen LogP contribution in [0, 0.1) is 0 Å². The third kappa shape index (κ3) is 3.70. The first-order chi connectivity index (χ1) is 11.9. The molecule has 0 atom stereocenters. The predicted molar refractivity (Wildman–Crippen MR) is 100.0 cm³/mol. The van der Waals surface area contributed by atoms with Gasteiger partial charge in [-0.25, -0.2) is 9.97 Å². The Kier molecular flexibility index (Phi) is 4.94. The van der Waals surface area contributed by atoms with Crippen LogP contribution in [0.3, 0.4) is 0 Å². The first kappa shape index (κ1) is 15.8. The van der Waals surface area contributed by atoms with Crippen LogP contribution in [0.1, 0.15) is 25.7 Å². The highest BCUT2D eigenvalue weighted by Gasteiger charge is 2.25. The van der Waals surface area contributed by atoms with E-state index < -0.39 is 0 Å². The molecule has 2 aliphatic rings. The number of nitrogens with zero attached hydrogens (tertiary/aromatic N) is 4. The van der Waals surface area contributed by atoms with E-state index in [-0.39, 0.29) is 0 Å². The van der Waals surface area contributed by atoms with E-state index in [9.17, 15) is 0 Å². The van der Waals surface area contributed by atoms with Crippen LogP contribution < -0.4 is 15.1 Å². The van der Waals surface area contributed by atoms with E-state index in [0.717, 1.165) is 32.0 Å². The quantitative estimate of drug-likeness (QED) is 0.925. The Hall–Kier alpha value is -1.66. The molecule has 0 spiro atoms. The van der Waals surface area contributed by atoms with Crippen LogP contribution in [0.15, 0.2) is 36.0 Å². The molecule has 2 saturated heterocycles. The van der Waals surface area contributed by atoms with Crippen LogP contribution in [0.2, 0.25) is 0 Å². The third-order valence-electron chi connectivity index (χ3n) is 5.12. The van der Waals surface area contributed by atoms with Crippen molar-refractivity contribution in [3.8, 4) is 0 Å². The zero-order valence-corrected chi connectivity index (χ0v) is 14.8. The van der Waals surface area contributed by atoms with E-state index in [4.69, 9.17) is 0 Å². The zero-order valence-electron chi connectivity index (χ0n) is 14.0. The van der Waals surface area contributed by atoms with Gasteiger partial charge in [0, 0.05) is 56.0 Å². The molecule has 2 fully saturated rings. The average Bonchev–Trinajstić information content (AvgIpc) is 3.18. The number of thiazole rings is 1. The van der Waals surface area contributed by atoms with Gasteiger partial charge in [0.25, 0.3) is 0 Å². The van der Waals surface area contributed by atoms with E-state index in [0.29, 0.717) is 12.1 Å². The first-order valence-electron chi connectivity index (χ1n) is 8.95. The number of aromatic nitrogens is 2. The highest BCUT2D eigenvalue weighted by atomic mass is 32.1. The Morgan fingerprint density at radius 2 is 1.58 bits per heavy atom. The summed E-state index contributed by atoms with van der Waals surface area (Å²) in [7, 11) is 0. The molecule has 0 amide bonds. The highest BCUT2D eigenvalue weighted by Crippen LogP contribution is 2.23. The molecule has 2 aromatic heterocycles. The number of rotatable bonds is 4. The van der Waals surface area contributed by atoms with Gasteiger partial charge in [0.2, 0.25) is 0 Å². The molecule has 0 unspecified atom stereocenters. The van der Waals surface area contributed by atoms with Crippen LogP contribution in [0.5, 0.6) is 0 Å². The molecular weight excluding hydrogens is 318 g/mol. The second-order valence-corrected chi connectivity index (χ2v) is 7.56. The second-order valence-electron chi connectivity index (χ2n) is 6.69. The molecule has 0 aliphatic carbocycles. The Morgan fingerprint density at radius 3 is 2.17 bits per heavy atom. The van der Waals surface area contributed by atoms with Crippen molar-refractivity contribution < 1.29 is 0 Å². The van der Waals surface area contributed by atoms with Crippen molar-refractivity contribution >= 4 is 22.3 Å². The van der Waals surface area contributed by atoms with Gasteiger partial charge in [0.1, 0.15) is 5.82 Å². The van der Waals surface area contributed by atoms with Crippen LogP contribution in [-0.2, 0) is 0 Å². The molecule has 2 aliphatic heterocycles. The van der Waals surface area contributed by atoms with E-state index >= 15 is 0 Å². The fourth-order valence-corrected chi connectivity index (χ4v) is 4.46. The smallest absolute Gasteiger partial charge is 0.185 e. The third-order valence-corrected chi connectivity index (χ3v) is 5.96. The summed E-state index contributed by atoms with van der Waals surface area (Å²) in [6.07, 6.45) is 8.65. The molecule has 5 nitrogen and oxygen atoms in total. The Morgan fingerprint density at radius 1 is 0.875 bits per heavy atom. The van der Waals surface area contributed by atoms with Gasteiger partial charge in [-0.2, -0.15) is 0 Å². The summed E-state index contributed by atoms with van der Waals surface area (Å²) < 4.78 is 0. The lowest BCUT2D eigenvalue weighted by Gasteiger charge is -2.38. The predicted octanol–water partition coefficient (Wildman–Crippen LogP) is 2.77. The van der Waals surface area contributed by atoms with Crippen molar-refractivity contribution in [2.75, 3.05) is 36.0 Å². The maximum absolute atomic E-state index is 4.47. The monoisotopic (exact) mass is 343 g/mol. The van der Waals surface area contributed by atoms with Gasteiger partial charge < -0.3 is 15.1 Å². The van der Waals surface area contributed by atoms with E-state index in [2.05, 4.69) is 42.6 Å². The minimum absolute atomic E-state index is 0.654. The minimum atomic E-state index is 0.654. The van der Waals surface area contributed by atoms with Crippen LogP contribution >= 0.6 is 11.3 Å². The summed E-state index contributed by atoms with van der Waals surface area (Å²) >= 11 is 1.75. The maximum Gasteiger partial charge on any atom is 0.185 e. The van der Waals surface area contributed by atoms with Crippen molar-refractivity contribution in [1.29, 1.82) is 0 Å². The SMILES string of the molecule is c1ccc(N2CCC(NC3CCN(c4nccs4)CC3)CC2)nc1. The molecular formula is C18H25N5S. The summed E-state index contributed by atoms with van der Waals surface area (Å²) in [4.78, 5) is 13.7. The number of nitrogens with one attached hydrogen (secondary N) is 1. The topological polar surface area (TPSA) is 44.3 Å². The van der Waals surface area contributed by atoms with Gasteiger partial charge in [-0.15, -0.1) is 11.3 Å². The number of anilines is 2. The molecule has 0 aromatic carbocycles.